The summed E-state index contributed by atoms with van der Waals surface area (Å²) in [5.41, 5.74) is 9.68. The average molecular weight is 373 g/mol. The van der Waals surface area contributed by atoms with E-state index in [1.165, 1.54) is 4.57 Å². The van der Waals surface area contributed by atoms with E-state index in [1.807, 2.05) is 42.5 Å². The van der Waals surface area contributed by atoms with Gasteiger partial charge in [0.2, 0.25) is 0 Å². The van der Waals surface area contributed by atoms with Crippen LogP contribution in [0, 0.1) is 0 Å². The fraction of sp³-hybridized carbons (Fsp3) is 0.136. The molecule has 2 heterocycles. The van der Waals surface area contributed by atoms with E-state index in [9.17, 15) is 9.59 Å². The van der Waals surface area contributed by atoms with Crippen molar-refractivity contribution >= 4 is 34.7 Å². The number of hydrogen-bond acceptors (Lipinski definition) is 5. The van der Waals surface area contributed by atoms with Crippen LogP contribution in [-0.2, 0) is 11.3 Å². The van der Waals surface area contributed by atoms with E-state index in [0.29, 0.717) is 28.9 Å². The van der Waals surface area contributed by atoms with Crippen molar-refractivity contribution < 1.29 is 9.90 Å². The van der Waals surface area contributed by atoms with Crippen LogP contribution in [-0.4, -0.2) is 28.4 Å². The number of rotatable bonds is 4. The summed E-state index contributed by atoms with van der Waals surface area (Å²) >= 11 is 0. The number of aliphatic imine (C=N–C) groups is 1. The molecule has 0 radical (unpaired) electrons. The van der Waals surface area contributed by atoms with Crippen LogP contribution >= 0.6 is 0 Å². The zero-order chi connectivity index (χ0) is 19.7. The van der Waals surface area contributed by atoms with Gasteiger partial charge in [-0.25, -0.2) is 4.99 Å². The molecule has 3 aromatic rings. The van der Waals surface area contributed by atoms with Gasteiger partial charge in [-0.2, -0.15) is 0 Å². The standard InChI is InChI=1S/C22H19N3O3/c23-21-10-14(13-27)9-18-4-3-17(12-20(18)24-21)16-2-1-15-5-6-25(7-8-26)22(28)19(15)11-16/h1-6,9,11-13,26H,7-8,10H2,(H2,23,24). The lowest BCUT2D eigenvalue weighted by molar-refractivity contribution is -0.104. The van der Waals surface area contributed by atoms with Gasteiger partial charge in [-0.3, -0.25) is 9.59 Å². The van der Waals surface area contributed by atoms with Crippen molar-refractivity contribution in [3.05, 3.63) is 70.2 Å². The smallest absolute Gasteiger partial charge is 0.258 e. The van der Waals surface area contributed by atoms with Gasteiger partial charge in [0, 0.05) is 35.7 Å². The molecule has 0 amide bonds. The average Bonchev–Trinajstić information content (AvgIpc) is 2.87. The Morgan fingerprint density at radius 3 is 2.71 bits per heavy atom. The van der Waals surface area contributed by atoms with Crippen molar-refractivity contribution in [3.63, 3.8) is 0 Å². The summed E-state index contributed by atoms with van der Waals surface area (Å²) in [5.74, 6) is 0.389. The highest BCUT2D eigenvalue weighted by molar-refractivity contribution is 5.98. The first-order valence-corrected chi connectivity index (χ1v) is 8.96. The maximum atomic E-state index is 12.7. The number of carbonyl (C=O) groups is 1. The molecular formula is C22H19N3O3. The number of nitrogens with two attached hydrogens (primary N) is 1. The summed E-state index contributed by atoms with van der Waals surface area (Å²) in [4.78, 5) is 28.3. The van der Waals surface area contributed by atoms with Gasteiger partial charge >= 0.3 is 0 Å². The molecule has 1 aliphatic rings. The molecule has 28 heavy (non-hydrogen) atoms. The molecule has 4 rings (SSSR count). The Hall–Kier alpha value is -3.51. The molecule has 0 aliphatic carbocycles. The number of carbonyl (C=O) groups excluding carboxylic acids is 1. The predicted molar refractivity (Wildman–Crippen MR) is 111 cm³/mol. The van der Waals surface area contributed by atoms with Crippen LogP contribution in [0.5, 0.6) is 0 Å². The molecule has 140 valence electrons. The lowest BCUT2D eigenvalue weighted by Gasteiger charge is -2.09. The Morgan fingerprint density at radius 1 is 1.14 bits per heavy atom. The number of aromatic nitrogens is 1. The highest BCUT2D eigenvalue weighted by atomic mass is 16.3. The summed E-state index contributed by atoms with van der Waals surface area (Å²) in [6, 6.07) is 13.3. The first-order chi connectivity index (χ1) is 13.6. The first-order valence-electron chi connectivity index (χ1n) is 8.96. The summed E-state index contributed by atoms with van der Waals surface area (Å²) in [6.45, 7) is 0.170. The zero-order valence-corrected chi connectivity index (χ0v) is 15.1. The van der Waals surface area contributed by atoms with Crippen LogP contribution in [0.25, 0.3) is 28.0 Å². The van der Waals surface area contributed by atoms with Gasteiger partial charge in [-0.05, 0) is 40.8 Å². The van der Waals surface area contributed by atoms with Crippen molar-refractivity contribution in [2.24, 2.45) is 10.7 Å². The van der Waals surface area contributed by atoms with Crippen LogP contribution in [0.3, 0.4) is 0 Å². The molecule has 0 bridgehead atoms. The second-order valence-corrected chi connectivity index (χ2v) is 6.73. The minimum absolute atomic E-state index is 0.0916. The number of hydrogen-bond donors (Lipinski definition) is 2. The second-order valence-electron chi connectivity index (χ2n) is 6.73. The van der Waals surface area contributed by atoms with Gasteiger partial charge in [0.1, 0.15) is 12.1 Å². The topological polar surface area (TPSA) is 97.7 Å². The molecule has 3 N–H and O–H groups in total. The third kappa shape index (κ3) is 3.25. The van der Waals surface area contributed by atoms with Crippen LogP contribution in [0.1, 0.15) is 12.0 Å². The normalized spacial score (nSPS) is 13.5. The maximum Gasteiger partial charge on any atom is 0.258 e. The number of nitrogens with zero attached hydrogens (tertiary/aromatic N) is 2. The summed E-state index contributed by atoms with van der Waals surface area (Å²) in [7, 11) is 0. The van der Waals surface area contributed by atoms with Crippen LogP contribution in [0.4, 0.5) is 5.69 Å². The molecule has 0 spiro atoms. The highest BCUT2D eigenvalue weighted by Crippen LogP contribution is 2.32. The second kappa shape index (κ2) is 7.25. The number of aliphatic hydroxyl groups excluding tert-OH is 1. The Labute approximate surface area is 161 Å². The van der Waals surface area contributed by atoms with Gasteiger partial charge in [-0.15, -0.1) is 0 Å². The van der Waals surface area contributed by atoms with Gasteiger partial charge in [0.15, 0.2) is 0 Å². The molecule has 1 aromatic heterocycles. The summed E-state index contributed by atoms with van der Waals surface area (Å²) in [6.07, 6.45) is 4.61. The Balaban J connectivity index is 1.84. The van der Waals surface area contributed by atoms with E-state index in [4.69, 9.17) is 10.8 Å². The molecule has 0 fully saturated rings. The van der Waals surface area contributed by atoms with Gasteiger partial charge < -0.3 is 15.4 Å². The number of aldehydes is 1. The Bertz CT molecular complexity index is 1210. The molecule has 2 aromatic carbocycles. The van der Waals surface area contributed by atoms with E-state index in [2.05, 4.69) is 4.99 Å². The Morgan fingerprint density at radius 2 is 1.93 bits per heavy atom. The van der Waals surface area contributed by atoms with E-state index in [-0.39, 0.29) is 18.7 Å². The monoisotopic (exact) mass is 373 g/mol. The van der Waals surface area contributed by atoms with Crippen LogP contribution in [0.15, 0.2) is 64.0 Å². The number of amidine groups is 1. The summed E-state index contributed by atoms with van der Waals surface area (Å²) < 4.78 is 1.50. The molecule has 6 nitrogen and oxygen atoms in total. The van der Waals surface area contributed by atoms with Crippen molar-refractivity contribution in [1.82, 2.24) is 4.57 Å². The fourth-order valence-corrected chi connectivity index (χ4v) is 3.41. The van der Waals surface area contributed by atoms with E-state index in [1.54, 1.807) is 12.3 Å². The van der Waals surface area contributed by atoms with Crippen molar-refractivity contribution in [3.8, 4) is 11.1 Å². The largest absolute Gasteiger partial charge is 0.395 e. The fourth-order valence-electron chi connectivity index (χ4n) is 3.41. The van der Waals surface area contributed by atoms with E-state index >= 15 is 0 Å². The third-order valence-electron chi connectivity index (χ3n) is 4.82. The number of benzene rings is 2. The SMILES string of the molecule is NC1=Nc2cc(-c3ccc4ccn(CCO)c(=O)c4c3)ccc2C=C(C=O)C1. The van der Waals surface area contributed by atoms with Gasteiger partial charge in [-0.1, -0.05) is 24.3 Å². The maximum absolute atomic E-state index is 12.7. The predicted octanol–water partition coefficient (Wildman–Crippen LogP) is 2.64. The molecule has 6 heteroatoms. The molecule has 0 unspecified atom stereocenters. The number of fused-ring (bicyclic) bond motifs is 2. The van der Waals surface area contributed by atoms with Crippen LogP contribution < -0.4 is 11.3 Å². The summed E-state index contributed by atoms with van der Waals surface area (Å²) in [5, 5.41) is 10.6. The molecule has 0 atom stereocenters. The van der Waals surface area contributed by atoms with Crippen LogP contribution in [0.2, 0.25) is 0 Å². The molecule has 0 saturated heterocycles. The van der Waals surface area contributed by atoms with Gasteiger partial charge in [0.25, 0.3) is 5.56 Å². The lowest BCUT2D eigenvalue weighted by Crippen LogP contribution is -2.20. The van der Waals surface area contributed by atoms with Crippen molar-refractivity contribution in [1.29, 1.82) is 0 Å². The molecular weight excluding hydrogens is 354 g/mol. The Kier molecular flexibility index (Phi) is 4.63. The molecule has 0 saturated carbocycles. The molecule has 1 aliphatic heterocycles. The van der Waals surface area contributed by atoms with E-state index < -0.39 is 0 Å². The van der Waals surface area contributed by atoms with Crippen molar-refractivity contribution in [2.75, 3.05) is 6.61 Å². The number of aliphatic hydroxyl groups is 1. The minimum atomic E-state index is -0.135. The minimum Gasteiger partial charge on any atom is -0.395 e. The van der Waals surface area contributed by atoms with E-state index in [0.717, 1.165) is 28.4 Å². The van der Waals surface area contributed by atoms with Gasteiger partial charge in [0.05, 0.1) is 12.3 Å². The number of pyridine rings is 1. The lowest BCUT2D eigenvalue weighted by atomic mass is 9.99. The highest BCUT2D eigenvalue weighted by Gasteiger charge is 2.12. The third-order valence-corrected chi connectivity index (χ3v) is 4.82. The van der Waals surface area contributed by atoms with Crippen molar-refractivity contribution in [2.45, 2.75) is 13.0 Å². The zero-order valence-electron chi connectivity index (χ0n) is 15.1. The first kappa shape index (κ1) is 17.9. The quantitative estimate of drug-likeness (QED) is 0.687.